The average molecular weight is 491 g/mol. The highest BCUT2D eigenvalue weighted by atomic mass is 16.7. The van der Waals surface area contributed by atoms with Crippen LogP contribution >= 0.6 is 0 Å². The van der Waals surface area contributed by atoms with Crippen LogP contribution in [0.3, 0.4) is 0 Å². The number of benzene rings is 1. The minimum absolute atomic E-state index is 0.0430. The summed E-state index contributed by atoms with van der Waals surface area (Å²) in [5.74, 6) is 0.671. The summed E-state index contributed by atoms with van der Waals surface area (Å²) in [5, 5.41) is 15.1. The monoisotopic (exact) mass is 490 g/mol. The van der Waals surface area contributed by atoms with Gasteiger partial charge in [-0.3, -0.25) is 4.79 Å². The maximum absolute atomic E-state index is 13.3. The highest BCUT2D eigenvalue weighted by Crippen LogP contribution is 2.34. The van der Waals surface area contributed by atoms with E-state index >= 15 is 0 Å². The lowest BCUT2D eigenvalue weighted by atomic mass is 9.93. The Morgan fingerprint density at radius 2 is 1.61 bits per heavy atom. The van der Waals surface area contributed by atoms with Gasteiger partial charge in [-0.2, -0.15) is 10.2 Å². The number of nitrogens with zero attached hydrogens (tertiary/aromatic N) is 6. The van der Waals surface area contributed by atoms with Crippen LogP contribution in [0.4, 0.5) is 5.82 Å². The number of hydrogen-bond donors (Lipinski definition) is 0. The SMILES string of the molecule is Cc1ccc(-n2nc3c(N4CCC(C(=O)N5CCC6(CC5)OCCO6)CC4)nnc(C)c3c2C)cc1. The number of anilines is 1. The summed E-state index contributed by atoms with van der Waals surface area (Å²) in [4.78, 5) is 17.5. The van der Waals surface area contributed by atoms with Gasteiger partial charge in [0.05, 0.1) is 35.7 Å². The highest BCUT2D eigenvalue weighted by Gasteiger charge is 2.42. The fourth-order valence-electron chi connectivity index (χ4n) is 5.91. The number of hydrogen-bond acceptors (Lipinski definition) is 7. The predicted molar refractivity (Wildman–Crippen MR) is 136 cm³/mol. The molecule has 3 aliphatic heterocycles. The number of amides is 1. The molecule has 3 aromatic rings. The quantitative estimate of drug-likeness (QED) is 0.557. The summed E-state index contributed by atoms with van der Waals surface area (Å²) >= 11 is 0. The lowest BCUT2D eigenvalue weighted by Gasteiger charge is -2.40. The Kier molecular flexibility index (Phi) is 5.92. The molecule has 0 radical (unpaired) electrons. The molecule has 0 bridgehead atoms. The smallest absolute Gasteiger partial charge is 0.225 e. The lowest BCUT2D eigenvalue weighted by molar-refractivity contribution is -0.188. The van der Waals surface area contributed by atoms with Crippen LogP contribution < -0.4 is 4.90 Å². The molecule has 190 valence electrons. The second-order valence-electron chi connectivity index (χ2n) is 10.4. The van der Waals surface area contributed by atoms with E-state index in [4.69, 9.17) is 14.6 Å². The van der Waals surface area contributed by atoms with E-state index in [0.717, 1.165) is 72.6 Å². The molecule has 36 heavy (non-hydrogen) atoms. The van der Waals surface area contributed by atoms with Gasteiger partial charge < -0.3 is 19.3 Å². The van der Waals surface area contributed by atoms with Crippen LogP contribution in [0.25, 0.3) is 16.6 Å². The van der Waals surface area contributed by atoms with Crippen LogP contribution in [0.2, 0.25) is 0 Å². The maximum atomic E-state index is 13.3. The molecule has 9 nitrogen and oxygen atoms in total. The Bertz CT molecular complexity index is 1260. The number of aromatic nitrogens is 4. The van der Waals surface area contributed by atoms with Gasteiger partial charge in [-0.1, -0.05) is 17.7 Å². The Labute approximate surface area is 211 Å². The molecule has 3 saturated heterocycles. The fraction of sp³-hybridized carbons (Fsp3) is 0.556. The van der Waals surface area contributed by atoms with Gasteiger partial charge in [0.25, 0.3) is 0 Å². The fourth-order valence-corrected chi connectivity index (χ4v) is 5.91. The number of aryl methyl sites for hydroxylation is 3. The Morgan fingerprint density at radius 1 is 0.944 bits per heavy atom. The second kappa shape index (κ2) is 9.12. The standard InChI is InChI=1S/C27H34N6O3/c1-18-4-6-22(7-5-18)33-20(3)23-19(2)28-29-25(24(23)30-33)31-12-8-21(9-13-31)26(34)32-14-10-27(11-15-32)35-16-17-36-27/h4-7,21H,8-17H2,1-3H3. The Hall–Kier alpha value is -3.04. The van der Waals surface area contributed by atoms with Crippen LogP contribution in [0.5, 0.6) is 0 Å². The molecule has 0 saturated carbocycles. The predicted octanol–water partition coefficient (Wildman–Crippen LogP) is 3.32. The number of fused-ring (bicyclic) bond motifs is 1. The van der Waals surface area contributed by atoms with Crippen molar-refractivity contribution < 1.29 is 14.3 Å². The van der Waals surface area contributed by atoms with Gasteiger partial charge in [0.2, 0.25) is 5.91 Å². The first-order valence-electron chi connectivity index (χ1n) is 13.1. The van der Waals surface area contributed by atoms with Crippen molar-refractivity contribution in [1.29, 1.82) is 0 Å². The summed E-state index contributed by atoms with van der Waals surface area (Å²) in [7, 11) is 0. The molecule has 9 heteroatoms. The third-order valence-corrected chi connectivity index (χ3v) is 8.06. The van der Waals surface area contributed by atoms with Gasteiger partial charge in [-0.15, -0.1) is 5.10 Å². The van der Waals surface area contributed by atoms with E-state index in [1.165, 1.54) is 5.56 Å². The zero-order chi connectivity index (χ0) is 24.9. The normalized spacial score (nSPS) is 20.5. The van der Waals surface area contributed by atoms with Gasteiger partial charge in [0.15, 0.2) is 11.6 Å². The van der Waals surface area contributed by atoms with Crippen molar-refractivity contribution in [2.24, 2.45) is 5.92 Å². The molecule has 0 N–H and O–H groups in total. The molecule has 0 aliphatic carbocycles. The Morgan fingerprint density at radius 3 is 2.28 bits per heavy atom. The van der Waals surface area contributed by atoms with Gasteiger partial charge in [0.1, 0.15) is 5.52 Å². The van der Waals surface area contributed by atoms with Crippen LogP contribution in [0.15, 0.2) is 24.3 Å². The number of rotatable bonds is 3. The first-order valence-corrected chi connectivity index (χ1v) is 13.1. The van der Waals surface area contributed by atoms with Crippen molar-refractivity contribution in [2.45, 2.75) is 52.2 Å². The number of likely N-dealkylation sites (tertiary alicyclic amines) is 1. The molecule has 3 fully saturated rings. The molecular formula is C27H34N6O3. The first-order chi connectivity index (χ1) is 17.4. The van der Waals surface area contributed by atoms with E-state index in [2.05, 4.69) is 53.2 Å². The number of piperidine rings is 2. The third kappa shape index (κ3) is 4.04. The summed E-state index contributed by atoms with van der Waals surface area (Å²) in [6.45, 7) is 10.4. The van der Waals surface area contributed by atoms with E-state index in [0.29, 0.717) is 26.3 Å². The summed E-state index contributed by atoms with van der Waals surface area (Å²) in [5.41, 5.74) is 5.07. The minimum atomic E-state index is -0.449. The van der Waals surface area contributed by atoms with Crippen molar-refractivity contribution >= 4 is 22.6 Å². The van der Waals surface area contributed by atoms with Gasteiger partial charge in [-0.25, -0.2) is 4.68 Å². The topological polar surface area (TPSA) is 85.6 Å². The van der Waals surface area contributed by atoms with E-state index < -0.39 is 5.79 Å². The molecule has 1 spiro atoms. The molecular weight excluding hydrogens is 456 g/mol. The van der Waals surface area contributed by atoms with Gasteiger partial charge >= 0.3 is 0 Å². The molecule has 2 aromatic heterocycles. The molecule has 6 rings (SSSR count). The summed E-state index contributed by atoms with van der Waals surface area (Å²) in [6, 6.07) is 8.38. The first kappa shape index (κ1) is 23.4. The summed E-state index contributed by atoms with van der Waals surface area (Å²) in [6.07, 6.45) is 3.14. The number of carbonyl (C=O) groups excluding carboxylic acids is 1. The van der Waals surface area contributed by atoms with Crippen molar-refractivity contribution in [3.63, 3.8) is 0 Å². The van der Waals surface area contributed by atoms with E-state index in [-0.39, 0.29) is 11.8 Å². The lowest BCUT2D eigenvalue weighted by Crippen LogP contribution is -2.50. The zero-order valence-corrected chi connectivity index (χ0v) is 21.4. The molecule has 5 heterocycles. The molecule has 3 aliphatic rings. The number of ether oxygens (including phenoxy) is 2. The Balaban J connectivity index is 1.17. The molecule has 0 atom stereocenters. The highest BCUT2D eigenvalue weighted by molar-refractivity contribution is 5.92. The van der Waals surface area contributed by atoms with Gasteiger partial charge in [-0.05, 0) is 45.7 Å². The van der Waals surface area contributed by atoms with Gasteiger partial charge in [0, 0.05) is 44.9 Å². The van der Waals surface area contributed by atoms with Crippen LogP contribution in [0, 0.1) is 26.7 Å². The molecule has 1 amide bonds. The molecule has 0 unspecified atom stereocenters. The van der Waals surface area contributed by atoms with Crippen LogP contribution in [0.1, 0.15) is 42.6 Å². The van der Waals surface area contributed by atoms with Crippen LogP contribution in [-0.2, 0) is 14.3 Å². The second-order valence-corrected chi connectivity index (χ2v) is 10.4. The van der Waals surface area contributed by atoms with Crippen molar-refractivity contribution in [1.82, 2.24) is 24.9 Å². The largest absolute Gasteiger partial charge is 0.353 e. The van der Waals surface area contributed by atoms with Crippen molar-refractivity contribution in [3.8, 4) is 5.69 Å². The minimum Gasteiger partial charge on any atom is -0.353 e. The summed E-state index contributed by atoms with van der Waals surface area (Å²) < 4.78 is 13.6. The number of carbonyl (C=O) groups is 1. The third-order valence-electron chi connectivity index (χ3n) is 8.06. The molecule has 1 aromatic carbocycles. The van der Waals surface area contributed by atoms with E-state index in [1.807, 2.05) is 16.5 Å². The van der Waals surface area contributed by atoms with Crippen molar-refractivity contribution in [3.05, 3.63) is 41.2 Å². The van der Waals surface area contributed by atoms with Crippen LogP contribution in [-0.4, -0.2) is 76.0 Å². The maximum Gasteiger partial charge on any atom is 0.225 e. The van der Waals surface area contributed by atoms with E-state index in [1.54, 1.807) is 0 Å². The van der Waals surface area contributed by atoms with Crippen molar-refractivity contribution in [2.75, 3.05) is 44.3 Å². The zero-order valence-electron chi connectivity index (χ0n) is 21.4. The van der Waals surface area contributed by atoms with E-state index in [9.17, 15) is 4.79 Å². The average Bonchev–Trinajstić information content (AvgIpc) is 3.50.